The number of benzene rings is 3. The van der Waals surface area contributed by atoms with Gasteiger partial charge >= 0.3 is 5.97 Å². The van der Waals surface area contributed by atoms with E-state index in [1.807, 2.05) is 42.5 Å². The van der Waals surface area contributed by atoms with E-state index >= 15 is 0 Å². The number of nitrogens with zero attached hydrogens (tertiary/aromatic N) is 3. The van der Waals surface area contributed by atoms with Gasteiger partial charge in [0.2, 0.25) is 0 Å². The van der Waals surface area contributed by atoms with Crippen LogP contribution in [0.25, 0.3) is 10.8 Å². The van der Waals surface area contributed by atoms with Gasteiger partial charge in [0.25, 0.3) is 5.91 Å². The maximum absolute atomic E-state index is 12.3. The number of thioether (sulfide) groups is 1. The Balaban J connectivity index is 1.51. The zero-order valence-corrected chi connectivity index (χ0v) is 18.4. The average molecular weight is 464 g/mol. The fourth-order valence-electron chi connectivity index (χ4n) is 3.94. The van der Waals surface area contributed by atoms with E-state index in [4.69, 9.17) is 21.8 Å². The second kappa shape index (κ2) is 8.41. The lowest BCUT2D eigenvalue weighted by Crippen LogP contribution is -2.24. The van der Waals surface area contributed by atoms with Gasteiger partial charge in [-0.05, 0) is 40.1 Å². The predicted octanol–water partition coefficient (Wildman–Crippen LogP) is 5.12. The largest absolute Gasteiger partial charge is 0.481 e. The van der Waals surface area contributed by atoms with E-state index in [2.05, 4.69) is 29.3 Å². The summed E-state index contributed by atoms with van der Waals surface area (Å²) in [7, 11) is 0. The molecule has 1 N–H and O–H groups in total. The van der Waals surface area contributed by atoms with E-state index in [-0.39, 0.29) is 12.5 Å². The number of hydrogen-bond donors (Lipinski definition) is 1. The maximum atomic E-state index is 12.3. The van der Waals surface area contributed by atoms with Crippen LogP contribution >= 0.6 is 23.4 Å². The molecule has 5 rings (SSSR count). The summed E-state index contributed by atoms with van der Waals surface area (Å²) in [4.78, 5) is 27.6. The molecule has 3 aromatic rings. The second-order valence-corrected chi connectivity index (χ2v) is 9.27. The number of carboxylic acids is 1. The third-order valence-electron chi connectivity index (χ3n) is 5.53. The number of carboxylic acid groups (broad SMARTS) is 1. The van der Waals surface area contributed by atoms with Crippen molar-refractivity contribution in [3.05, 3.63) is 82.9 Å². The Kier molecular flexibility index (Phi) is 5.45. The molecule has 0 fully saturated rings. The molecule has 2 atom stereocenters. The summed E-state index contributed by atoms with van der Waals surface area (Å²) in [6, 6.07) is 21.7. The first-order valence-electron chi connectivity index (χ1n) is 10.1. The van der Waals surface area contributed by atoms with Gasteiger partial charge < -0.3 is 5.11 Å². The summed E-state index contributed by atoms with van der Waals surface area (Å²) < 4.78 is 0. The van der Waals surface area contributed by atoms with Crippen LogP contribution in [-0.4, -0.2) is 38.1 Å². The molecular weight excluding hydrogens is 446 g/mol. The Labute approximate surface area is 193 Å². The minimum Gasteiger partial charge on any atom is -0.481 e. The first kappa shape index (κ1) is 20.7. The van der Waals surface area contributed by atoms with Crippen LogP contribution in [0.15, 0.2) is 76.8 Å². The van der Waals surface area contributed by atoms with Crippen molar-refractivity contribution in [2.75, 3.05) is 0 Å². The molecule has 0 aromatic heterocycles. The molecule has 0 saturated carbocycles. The van der Waals surface area contributed by atoms with Crippen molar-refractivity contribution in [1.82, 2.24) is 5.01 Å². The predicted molar refractivity (Wildman–Crippen MR) is 127 cm³/mol. The van der Waals surface area contributed by atoms with Crippen molar-refractivity contribution in [3.8, 4) is 0 Å². The van der Waals surface area contributed by atoms with E-state index in [1.54, 1.807) is 5.01 Å². The normalized spacial score (nSPS) is 20.5. The molecule has 6 nitrogen and oxygen atoms in total. The number of aliphatic imine (C=N–C) groups is 1. The summed E-state index contributed by atoms with van der Waals surface area (Å²) in [5.41, 5.74) is 2.88. The third-order valence-corrected chi connectivity index (χ3v) is 6.93. The Bertz CT molecular complexity index is 1290. The SMILES string of the molecule is O=C(O)CC1SC(N2N=C(c3ccc4ccccc4c3)CC2c2ccc(Cl)cc2)=NC1=O. The maximum Gasteiger partial charge on any atom is 0.305 e. The summed E-state index contributed by atoms with van der Waals surface area (Å²) in [5, 5.41) is 18.3. The fourth-order valence-corrected chi connectivity index (χ4v) is 5.12. The second-order valence-electron chi connectivity index (χ2n) is 7.66. The number of hydrogen-bond acceptors (Lipinski definition) is 5. The molecular formula is C24H18ClN3O3S. The van der Waals surface area contributed by atoms with Gasteiger partial charge in [0, 0.05) is 11.4 Å². The first-order valence-corrected chi connectivity index (χ1v) is 11.4. The lowest BCUT2D eigenvalue weighted by molar-refractivity contribution is -0.138. The molecule has 3 aromatic carbocycles. The van der Waals surface area contributed by atoms with Crippen LogP contribution in [0.5, 0.6) is 0 Å². The van der Waals surface area contributed by atoms with Crippen molar-refractivity contribution in [2.45, 2.75) is 24.1 Å². The smallest absolute Gasteiger partial charge is 0.305 e. The zero-order chi connectivity index (χ0) is 22.2. The number of carbonyl (C=O) groups is 2. The summed E-state index contributed by atoms with van der Waals surface area (Å²) in [6.07, 6.45) is 0.356. The van der Waals surface area contributed by atoms with Crippen LogP contribution in [0.4, 0.5) is 0 Å². The highest BCUT2D eigenvalue weighted by atomic mass is 35.5. The van der Waals surface area contributed by atoms with Crippen LogP contribution in [0.3, 0.4) is 0 Å². The standard InChI is InChI=1S/C24H18ClN3O3S/c25-18-9-7-15(8-10-18)20-12-19(17-6-5-14-3-1-2-4-16(14)11-17)27-28(20)24-26-23(31)21(32-24)13-22(29)30/h1-11,20-21H,12-13H2,(H,29,30). The molecule has 32 heavy (non-hydrogen) atoms. The van der Waals surface area contributed by atoms with Crippen LogP contribution in [-0.2, 0) is 9.59 Å². The van der Waals surface area contributed by atoms with E-state index < -0.39 is 17.1 Å². The topological polar surface area (TPSA) is 82.3 Å². The number of halogens is 1. The number of amidine groups is 1. The van der Waals surface area contributed by atoms with E-state index in [9.17, 15) is 9.59 Å². The number of aliphatic carboxylic acids is 1. The molecule has 160 valence electrons. The Morgan fingerprint density at radius 1 is 1.09 bits per heavy atom. The molecule has 2 aliphatic heterocycles. The summed E-state index contributed by atoms with van der Waals surface area (Å²) in [6.45, 7) is 0. The van der Waals surface area contributed by atoms with Gasteiger partial charge in [0.05, 0.1) is 18.2 Å². The lowest BCUT2D eigenvalue weighted by atomic mass is 9.97. The molecule has 2 heterocycles. The zero-order valence-electron chi connectivity index (χ0n) is 16.8. The molecule has 0 spiro atoms. The Morgan fingerprint density at radius 3 is 2.59 bits per heavy atom. The highest BCUT2D eigenvalue weighted by Crippen LogP contribution is 2.39. The first-order chi connectivity index (χ1) is 15.5. The van der Waals surface area contributed by atoms with Gasteiger partial charge in [-0.25, -0.2) is 5.01 Å². The van der Waals surface area contributed by atoms with Crippen molar-refractivity contribution < 1.29 is 14.7 Å². The van der Waals surface area contributed by atoms with E-state index in [0.29, 0.717) is 16.6 Å². The number of fused-ring (bicyclic) bond motifs is 1. The van der Waals surface area contributed by atoms with Crippen LogP contribution in [0, 0.1) is 0 Å². The number of rotatable bonds is 4. The molecule has 2 aliphatic rings. The summed E-state index contributed by atoms with van der Waals surface area (Å²) in [5.74, 6) is -1.46. The van der Waals surface area contributed by atoms with Crippen LogP contribution in [0.2, 0.25) is 5.02 Å². The third kappa shape index (κ3) is 4.01. The minimum atomic E-state index is -1.02. The molecule has 2 unspecified atom stereocenters. The molecule has 8 heteroatoms. The quantitative estimate of drug-likeness (QED) is 0.580. The van der Waals surface area contributed by atoms with Crippen LogP contribution in [0.1, 0.15) is 30.0 Å². The van der Waals surface area contributed by atoms with Crippen molar-refractivity contribution in [2.24, 2.45) is 10.1 Å². The molecule has 0 radical (unpaired) electrons. The van der Waals surface area contributed by atoms with E-state index in [1.165, 1.54) is 0 Å². The average Bonchev–Trinajstić information content (AvgIpc) is 3.38. The molecule has 0 aliphatic carbocycles. The van der Waals surface area contributed by atoms with Gasteiger partial charge in [0.1, 0.15) is 5.25 Å². The van der Waals surface area contributed by atoms with E-state index in [0.717, 1.165) is 39.4 Å². The van der Waals surface area contributed by atoms with Crippen LogP contribution < -0.4 is 0 Å². The summed E-state index contributed by atoms with van der Waals surface area (Å²) >= 11 is 7.24. The van der Waals surface area contributed by atoms with Gasteiger partial charge in [0.15, 0.2) is 5.17 Å². The van der Waals surface area contributed by atoms with Gasteiger partial charge in [-0.2, -0.15) is 10.1 Å². The number of carbonyl (C=O) groups excluding carboxylic acids is 1. The Hall–Kier alpha value is -3.16. The number of hydrazone groups is 1. The Morgan fingerprint density at radius 2 is 1.84 bits per heavy atom. The van der Waals surface area contributed by atoms with Crippen molar-refractivity contribution >= 4 is 56.9 Å². The number of amides is 1. The highest BCUT2D eigenvalue weighted by Gasteiger charge is 2.39. The van der Waals surface area contributed by atoms with Gasteiger partial charge in [-0.15, -0.1) is 0 Å². The molecule has 0 bridgehead atoms. The lowest BCUT2D eigenvalue weighted by Gasteiger charge is -2.23. The van der Waals surface area contributed by atoms with Gasteiger partial charge in [-0.1, -0.05) is 71.9 Å². The molecule has 1 amide bonds. The van der Waals surface area contributed by atoms with Gasteiger partial charge in [-0.3, -0.25) is 9.59 Å². The monoisotopic (exact) mass is 463 g/mol. The van der Waals surface area contributed by atoms with Crippen molar-refractivity contribution in [1.29, 1.82) is 0 Å². The highest BCUT2D eigenvalue weighted by molar-refractivity contribution is 8.15. The fraction of sp³-hybridized carbons (Fsp3) is 0.167. The molecule has 0 saturated heterocycles. The van der Waals surface area contributed by atoms with Crippen molar-refractivity contribution in [3.63, 3.8) is 0 Å². The minimum absolute atomic E-state index is 0.170.